The van der Waals surface area contributed by atoms with Crippen LogP contribution in [0.15, 0.2) is 72.9 Å². The zero-order valence-corrected chi connectivity index (χ0v) is 29.8. The van der Waals surface area contributed by atoms with Crippen molar-refractivity contribution >= 4 is 50.7 Å². The van der Waals surface area contributed by atoms with Gasteiger partial charge in [-0.25, -0.2) is 17.8 Å². The van der Waals surface area contributed by atoms with Gasteiger partial charge in [-0.05, 0) is 60.0 Å². The number of nitrogens with zero attached hydrogens (tertiary/aromatic N) is 5. The fourth-order valence-corrected chi connectivity index (χ4v) is 6.77. The predicted molar refractivity (Wildman–Crippen MR) is 193 cm³/mol. The predicted octanol–water partition coefficient (Wildman–Crippen LogP) is 5.23. The summed E-state index contributed by atoms with van der Waals surface area (Å²) in [6, 6.07) is 18.7. The Morgan fingerprint density at radius 1 is 0.981 bits per heavy atom. The molecule has 2 aliphatic heterocycles. The number of sulfonamides is 1. The fraction of sp³-hybridized carbons (Fsp3) is 0.333. The van der Waals surface area contributed by atoms with E-state index in [1.54, 1.807) is 42.5 Å². The zero-order valence-electron chi connectivity index (χ0n) is 29.0. The van der Waals surface area contributed by atoms with Gasteiger partial charge in [-0.15, -0.1) is 0 Å². The largest absolute Gasteiger partial charge is 0.421 e. The monoisotopic (exact) mass is 754 g/mol. The summed E-state index contributed by atoms with van der Waals surface area (Å²) in [6.07, 6.45) is -2.49. The third kappa shape index (κ3) is 9.21. The second-order valence-corrected chi connectivity index (χ2v) is 15.0. The van der Waals surface area contributed by atoms with Crippen molar-refractivity contribution in [2.75, 3.05) is 59.3 Å². The lowest BCUT2D eigenvalue weighted by Gasteiger charge is -2.36. The zero-order chi connectivity index (χ0) is 37.9. The molecule has 2 saturated heterocycles. The van der Waals surface area contributed by atoms with E-state index in [1.807, 2.05) is 18.2 Å². The Morgan fingerprint density at radius 2 is 1.72 bits per heavy atom. The van der Waals surface area contributed by atoms with Gasteiger partial charge in [-0.1, -0.05) is 24.3 Å². The number of anilines is 5. The number of carbonyl (C=O) groups excluding carboxylic acids is 2. The minimum atomic E-state index is -4.72. The number of alkyl halides is 3. The molecule has 4 aromatic rings. The Hall–Kier alpha value is -5.29. The first-order valence-electron chi connectivity index (χ1n) is 16.8. The first-order valence-corrected chi connectivity index (χ1v) is 18.7. The summed E-state index contributed by atoms with van der Waals surface area (Å²) < 4.78 is 81.5. The van der Waals surface area contributed by atoms with Gasteiger partial charge in [0.2, 0.25) is 27.8 Å². The Morgan fingerprint density at radius 3 is 2.38 bits per heavy atom. The fourth-order valence-electron chi connectivity index (χ4n) is 6.27. The summed E-state index contributed by atoms with van der Waals surface area (Å²) in [6.45, 7) is 3.37. The van der Waals surface area contributed by atoms with E-state index in [1.165, 1.54) is 13.1 Å². The number of hydrogen-bond acceptors (Lipinski definition) is 10. The molecule has 2 amide bonds. The first-order chi connectivity index (χ1) is 25.1. The number of aromatic nitrogens is 2. The lowest BCUT2D eigenvalue weighted by Crippen LogP contribution is -2.46. The lowest BCUT2D eigenvalue weighted by molar-refractivity contribution is -0.137. The minimum absolute atomic E-state index is 0.0472. The van der Waals surface area contributed by atoms with Crippen molar-refractivity contribution in [1.29, 1.82) is 0 Å². The molecule has 0 saturated carbocycles. The molecule has 3 heterocycles. The second kappa shape index (κ2) is 15.4. The molecule has 1 unspecified atom stereocenters. The van der Waals surface area contributed by atoms with E-state index in [9.17, 15) is 35.6 Å². The Bertz CT molecular complexity index is 2090. The number of piperidine rings is 1. The molecule has 53 heavy (non-hydrogen) atoms. The highest BCUT2D eigenvalue weighted by Crippen LogP contribution is 2.35. The highest BCUT2D eigenvalue weighted by molar-refractivity contribution is 7.92. The van der Waals surface area contributed by atoms with E-state index >= 15 is 0 Å². The van der Waals surface area contributed by atoms with Crippen molar-refractivity contribution in [3.63, 3.8) is 0 Å². The molecule has 280 valence electrons. The number of halogens is 4. The summed E-state index contributed by atoms with van der Waals surface area (Å²) in [5.74, 6) is -2.43. The van der Waals surface area contributed by atoms with Crippen LogP contribution in [0.1, 0.15) is 41.0 Å². The third-order valence-electron chi connectivity index (χ3n) is 9.27. The minimum Gasteiger partial charge on any atom is -0.369 e. The van der Waals surface area contributed by atoms with Gasteiger partial charge in [0.15, 0.2) is 0 Å². The van der Waals surface area contributed by atoms with E-state index in [0.717, 1.165) is 34.9 Å². The van der Waals surface area contributed by atoms with Crippen LogP contribution in [0.3, 0.4) is 0 Å². The number of piperazine rings is 1. The molecule has 6 rings (SSSR count). The van der Waals surface area contributed by atoms with Crippen molar-refractivity contribution < 1.29 is 35.6 Å². The Kier molecular flexibility index (Phi) is 10.9. The maximum atomic E-state index is 15.0. The number of rotatable bonds is 11. The second-order valence-electron chi connectivity index (χ2n) is 13.0. The topological polar surface area (TPSA) is 140 Å². The molecule has 3 aromatic carbocycles. The molecule has 1 aromatic heterocycles. The standard InChI is InChI=1S/C36H38F4N8O4S/c1-46(53(2,51)52)27-5-3-4-23(18-27)20-41-33-30(36(38,39)40)21-42-35(45-33)43-25-7-9-26(10-8-25)48-16-14-47(15-17-48)22-24-6-11-28(31(37)19-24)29-12-13-32(49)44-34(29)50/h3-11,18-19,21,29H,12-17,20,22H2,1-2H3,(H,44,49,50)(H2,41,42,43,45). The van der Waals surface area contributed by atoms with E-state index in [4.69, 9.17) is 0 Å². The maximum Gasteiger partial charge on any atom is 0.421 e. The Balaban J connectivity index is 1.04. The highest BCUT2D eigenvalue weighted by Gasteiger charge is 2.35. The number of hydrogen-bond donors (Lipinski definition) is 3. The third-order valence-corrected chi connectivity index (χ3v) is 10.5. The van der Waals surface area contributed by atoms with Gasteiger partial charge in [-0.2, -0.15) is 18.2 Å². The molecule has 12 nitrogen and oxygen atoms in total. The number of carbonyl (C=O) groups is 2. The highest BCUT2D eigenvalue weighted by atomic mass is 32.2. The van der Waals surface area contributed by atoms with Crippen LogP contribution in [0.2, 0.25) is 0 Å². The Labute approximate surface area is 304 Å². The van der Waals surface area contributed by atoms with Crippen molar-refractivity contribution in [2.45, 2.75) is 38.0 Å². The molecule has 0 bridgehead atoms. The van der Waals surface area contributed by atoms with Crippen LogP contribution in [0.25, 0.3) is 0 Å². The van der Waals surface area contributed by atoms with Gasteiger partial charge in [0.1, 0.15) is 17.2 Å². The van der Waals surface area contributed by atoms with Gasteiger partial charge in [0.25, 0.3) is 0 Å². The van der Waals surface area contributed by atoms with E-state index in [-0.39, 0.29) is 31.2 Å². The molecule has 1 atom stereocenters. The SMILES string of the molecule is CN(c1cccc(CNc2nc(Nc3ccc(N4CCN(Cc5ccc(C6CCC(=O)NC6=O)c(F)c5)CC4)cc3)ncc2C(F)(F)F)c1)S(C)(=O)=O. The van der Waals surface area contributed by atoms with E-state index < -0.39 is 45.2 Å². The van der Waals surface area contributed by atoms with Crippen LogP contribution < -0.4 is 25.2 Å². The average Bonchev–Trinajstić information content (AvgIpc) is 3.11. The van der Waals surface area contributed by atoms with Crippen LogP contribution >= 0.6 is 0 Å². The van der Waals surface area contributed by atoms with Gasteiger partial charge in [0.05, 0.1) is 17.9 Å². The summed E-state index contributed by atoms with van der Waals surface area (Å²) in [5.41, 5.74) is 2.47. The van der Waals surface area contributed by atoms with Crippen molar-refractivity contribution in [3.05, 3.63) is 101 Å². The van der Waals surface area contributed by atoms with Gasteiger partial charge in [-0.3, -0.25) is 24.1 Å². The quantitative estimate of drug-likeness (QED) is 0.138. The summed E-state index contributed by atoms with van der Waals surface area (Å²) in [5, 5.41) is 7.96. The summed E-state index contributed by atoms with van der Waals surface area (Å²) in [7, 11) is -2.14. The van der Waals surface area contributed by atoms with Crippen molar-refractivity contribution in [3.8, 4) is 0 Å². The molecule has 0 spiro atoms. The van der Waals surface area contributed by atoms with Crippen LogP contribution in [-0.4, -0.2) is 74.6 Å². The van der Waals surface area contributed by atoms with Crippen LogP contribution in [0, 0.1) is 5.82 Å². The lowest BCUT2D eigenvalue weighted by atomic mass is 9.89. The van der Waals surface area contributed by atoms with Gasteiger partial charge in [0, 0.05) is 75.9 Å². The molecule has 0 aliphatic carbocycles. The first kappa shape index (κ1) is 37.5. The average molecular weight is 755 g/mol. The van der Waals surface area contributed by atoms with Crippen LogP contribution in [0.4, 0.5) is 46.4 Å². The summed E-state index contributed by atoms with van der Waals surface area (Å²) >= 11 is 0. The van der Waals surface area contributed by atoms with Gasteiger partial charge < -0.3 is 15.5 Å². The van der Waals surface area contributed by atoms with E-state index in [2.05, 4.69) is 35.7 Å². The summed E-state index contributed by atoms with van der Waals surface area (Å²) in [4.78, 5) is 36.1. The molecule has 3 N–H and O–H groups in total. The molecule has 2 aliphatic rings. The smallest absolute Gasteiger partial charge is 0.369 e. The molecule has 0 radical (unpaired) electrons. The number of nitrogens with one attached hydrogen (secondary N) is 3. The number of benzene rings is 3. The van der Waals surface area contributed by atoms with Crippen molar-refractivity contribution in [1.82, 2.24) is 20.2 Å². The normalized spacial score (nSPS) is 17.0. The molecule has 17 heteroatoms. The van der Waals surface area contributed by atoms with Crippen molar-refractivity contribution in [2.24, 2.45) is 0 Å². The number of amides is 2. The molecular formula is C36H38F4N8O4S. The molecular weight excluding hydrogens is 717 g/mol. The van der Waals surface area contributed by atoms with Crippen LogP contribution in [0.5, 0.6) is 0 Å². The molecule has 2 fully saturated rings. The van der Waals surface area contributed by atoms with Crippen LogP contribution in [-0.2, 0) is 38.9 Å². The van der Waals surface area contributed by atoms with Gasteiger partial charge >= 0.3 is 6.18 Å². The maximum absolute atomic E-state index is 15.0. The number of imide groups is 1. The van der Waals surface area contributed by atoms with E-state index in [0.29, 0.717) is 48.3 Å².